The molecule has 0 bridgehead atoms. The summed E-state index contributed by atoms with van der Waals surface area (Å²) >= 11 is 6.12. The Morgan fingerprint density at radius 3 is 2.85 bits per heavy atom. The van der Waals surface area contributed by atoms with Gasteiger partial charge in [-0.3, -0.25) is 0 Å². The van der Waals surface area contributed by atoms with Crippen molar-refractivity contribution in [3.8, 4) is 0 Å². The third-order valence-corrected chi connectivity index (χ3v) is 3.09. The van der Waals surface area contributed by atoms with E-state index in [0.29, 0.717) is 16.8 Å². The van der Waals surface area contributed by atoms with Gasteiger partial charge in [-0.25, -0.2) is 4.98 Å². The monoisotopic (exact) mass is 294 g/mol. The van der Waals surface area contributed by atoms with Gasteiger partial charge in [-0.05, 0) is 32.4 Å². The van der Waals surface area contributed by atoms with Crippen LogP contribution in [0, 0.1) is 6.92 Å². The maximum absolute atomic E-state index is 6.12. The van der Waals surface area contributed by atoms with Gasteiger partial charge < -0.3 is 15.1 Å². The number of nitrogens with one attached hydrogen (secondary N) is 2. The molecule has 108 valence electrons. The largest absolute Gasteiger partial charge is 0.464 e. The van der Waals surface area contributed by atoms with E-state index < -0.39 is 0 Å². The third-order valence-electron chi connectivity index (χ3n) is 2.82. The van der Waals surface area contributed by atoms with E-state index in [2.05, 4.69) is 27.5 Å². The molecule has 2 heterocycles. The molecule has 0 saturated carbocycles. The number of furan rings is 1. The molecule has 0 aliphatic rings. The molecule has 0 saturated heterocycles. The molecule has 0 fully saturated rings. The van der Waals surface area contributed by atoms with Crippen LogP contribution in [0.4, 0.5) is 11.8 Å². The van der Waals surface area contributed by atoms with Crippen LogP contribution in [0.2, 0.25) is 5.02 Å². The quantitative estimate of drug-likeness (QED) is 0.842. The van der Waals surface area contributed by atoms with Gasteiger partial charge >= 0.3 is 0 Å². The first kappa shape index (κ1) is 14.7. The van der Waals surface area contributed by atoms with E-state index in [9.17, 15) is 0 Å². The average Bonchev–Trinajstić information content (AvgIpc) is 2.86. The van der Waals surface area contributed by atoms with Crippen molar-refractivity contribution >= 4 is 23.4 Å². The third kappa shape index (κ3) is 3.63. The molecule has 2 aromatic heterocycles. The summed E-state index contributed by atoms with van der Waals surface area (Å²) in [4.78, 5) is 8.52. The lowest BCUT2D eigenvalue weighted by Crippen LogP contribution is -2.10. The summed E-state index contributed by atoms with van der Waals surface area (Å²) in [5.41, 5.74) is 0. The van der Waals surface area contributed by atoms with Gasteiger partial charge in [-0.15, -0.1) is 0 Å². The highest BCUT2D eigenvalue weighted by molar-refractivity contribution is 6.32. The summed E-state index contributed by atoms with van der Waals surface area (Å²) in [6.45, 7) is 6.83. The summed E-state index contributed by atoms with van der Waals surface area (Å²) in [5.74, 6) is 2.90. The Labute approximate surface area is 123 Å². The van der Waals surface area contributed by atoms with Gasteiger partial charge in [0.05, 0.1) is 12.2 Å². The summed E-state index contributed by atoms with van der Waals surface area (Å²) in [7, 11) is 0. The molecule has 0 amide bonds. The van der Waals surface area contributed by atoms with Crippen LogP contribution < -0.4 is 10.6 Å². The Hall–Kier alpha value is -1.75. The molecule has 0 aromatic carbocycles. The Morgan fingerprint density at radius 1 is 1.40 bits per heavy atom. The molecule has 20 heavy (non-hydrogen) atoms. The zero-order valence-corrected chi connectivity index (χ0v) is 12.7. The van der Waals surface area contributed by atoms with E-state index in [1.165, 1.54) is 0 Å². The second kappa shape index (κ2) is 6.61. The van der Waals surface area contributed by atoms with Gasteiger partial charge in [0.2, 0.25) is 5.95 Å². The van der Waals surface area contributed by atoms with Crippen molar-refractivity contribution in [1.82, 2.24) is 9.97 Å². The van der Waals surface area contributed by atoms with Gasteiger partial charge in [0.1, 0.15) is 16.5 Å². The molecule has 0 spiro atoms. The van der Waals surface area contributed by atoms with Gasteiger partial charge in [0.15, 0.2) is 5.82 Å². The maximum Gasteiger partial charge on any atom is 0.224 e. The summed E-state index contributed by atoms with van der Waals surface area (Å²) in [6.07, 6.45) is 2.60. The molecule has 0 aliphatic heterocycles. The normalized spacial score (nSPS) is 12.2. The fourth-order valence-corrected chi connectivity index (χ4v) is 1.90. The Morgan fingerprint density at radius 2 is 2.20 bits per heavy atom. The predicted octanol–water partition coefficient (Wildman–Crippen LogP) is 4.03. The number of hydrogen-bond donors (Lipinski definition) is 2. The molecule has 6 heteroatoms. The van der Waals surface area contributed by atoms with Gasteiger partial charge in [-0.1, -0.05) is 18.5 Å². The number of aromatic nitrogens is 2. The maximum atomic E-state index is 6.12. The fourth-order valence-electron chi connectivity index (χ4n) is 1.75. The lowest BCUT2D eigenvalue weighted by atomic mass is 10.2. The lowest BCUT2D eigenvalue weighted by Gasteiger charge is -2.14. The number of hydrogen-bond acceptors (Lipinski definition) is 5. The second-order valence-corrected chi connectivity index (χ2v) is 5.04. The van der Waals surface area contributed by atoms with Crippen LogP contribution in [0.25, 0.3) is 0 Å². The minimum Gasteiger partial charge on any atom is -0.464 e. The standard InChI is InChI=1S/C14H19ClN4O/c1-4-7-16-14-17-8-11(15)13(19-14)18-10(3)12-6-5-9(2)20-12/h5-6,8,10H,4,7H2,1-3H3,(H2,16,17,18,19). The molecule has 0 radical (unpaired) electrons. The fraction of sp³-hybridized carbons (Fsp3) is 0.429. The van der Waals surface area contributed by atoms with E-state index in [1.54, 1.807) is 6.20 Å². The van der Waals surface area contributed by atoms with E-state index in [0.717, 1.165) is 24.5 Å². The van der Waals surface area contributed by atoms with Crippen molar-refractivity contribution in [3.05, 3.63) is 34.9 Å². The smallest absolute Gasteiger partial charge is 0.224 e. The molecular formula is C14H19ClN4O. The molecule has 0 aliphatic carbocycles. The summed E-state index contributed by atoms with van der Waals surface area (Å²) in [5, 5.41) is 6.86. The van der Waals surface area contributed by atoms with Crippen LogP contribution in [-0.2, 0) is 0 Å². The van der Waals surface area contributed by atoms with Crippen molar-refractivity contribution in [3.63, 3.8) is 0 Å². The van der Waals surface area contributed by atoms with Crippen LogP contribution in [0.3, 0.4) is 0 Å². The first-order chi connectivity index (χ1) is 9.60. The van der Waals surface area contributed by atoms with Gasteiger partial charge in [-0.2, -0.15) is 4.98 Å². The number of anilines is 2. The second-order valence-electron chi connectivity index (χ2n) is 4.63. The van der Waals surface area contributed by atoms with Gasteiger partial charge in [0.25, 0.3) is 0 Å². The highest BCUT2D eigenvalue weighted by Crippen LogP contribution is 2.25. The average molecular weight is 295 g/mol. The number of halogens is 1. The molecule has 5 nitrogen and oxygen atoms in total. The highest BCUT2D eigenvalue weighted by Gasteiger charge is 2.13. The number of nitrogens with zero attached hydrogens (tertiary/aromatic N) is 2. The minimum atomic E-state index is -0.0184. The SMILES string of the molecule is CCCNc1ncc(Cl)c(NC(C)c2ccc(C)o2)n1. The first-order valence-corrected chi connectivity index (χ1v) is 7.07. The van der Waals surface area contributed by atoms with Crippen LogP contribution in [-0.4, -0.2) is 16.5 Å². The summed E-state index contributed by atoms with van der Waals surface area (Å²) < 4.78 is 5.59. The number of aryl methyl sites for hydroxylation is 1. The lowest BCUT2D eigenvalue weighted by molar-refractivity contribution is 0.466. The van der Waals surface area contributed by atoms with Crippen LogP contribution in [0.5, 0.6) is 0 Å². The van der Waals surface area contributed by atoms with E-state index in [1.807, 2.05) is 26.0 Å². The topological polar surface area (TPSA) is 63.0 Å². The molecular weight excluding hydrogens is 276 g/mol. The zero-order valence-electron chi connectivity index (χ0n) is 11.9. The first-order valence-electron chi connectivity index (χ1n) is 6.69. The van der Waals surface area contributed by atoms with Crippen LogP contribution in [0.15, 0.2) is 22.7 Å². The Kier molecular flexibility index (Phi) is 4.84. The number of rotatable bonds is 6. The van der Waals surface area contributed by atoms with Crippen molar-refractivity contribution < 1.29 is 4.42 Å². The summed E-state index contributed by atoms with van der Waals surface area (Å²) in [6, 6.07) is 3.86. The van der Waals surface area contributed by atoms with E-state index in [4.69, 9.17) is 16.0 Å². The van der Waals surface area contributed by atoms with Crippen molar-refractivity contribution in [2.75, 3.05) is 17.2 Å². The van der Waals surface area contributed by atoms with Crippen molar-refractivity contribution in [2.45, 2.75) is 33.2 Å². The molecule has 2 aromatic rings. The van der Waals surface area contributed by atoms with E-state index in [-0.39, 0.29) is 6.04 Å². The van der Waals surface area contributed by atoms with Crippen LogP contribution in [0.1, 0.15) is 37.8 Å². The van der Waals surface area contributed by atoms with Crippen molar-refractivity contribution in [2.24, 2.45) is 0 Å². The van der Waals surface area contributed by atoms with Gasteiger partial charge in [0, 0.05) is 6.54 Å². The molecule has 2 rings (SSSR count). The highest BCUT2D eigenvalue weighted by atomic mass is 35.5. The van der Waals surface area contributed by atoms with E-state index >= 15 is 0 Å². The zero-order chi connectivity index (χ0) is 14.5. The predicted molar refractivity (Wildman–Crippen MR) is 81.3 cm³/mol. The Bertz CT molecular complexity index is 570. The van der Waals surface area contributed by atoms with Crippen molar-refractivity contribution in [1.29, 1.82) is 0 Å². The Balaban J connectivity index is 2.11. The van der Waals surface area contributed by atoms with Crippen LogP contribution >= 0.6 is 11.6 Å². The molecule has 1 unspecified atom stereocenters. The minimum absolute atomic E-state index is 0.0184. The molecule has 2 N–H and O–H groups in total. The molecule has 1 atom stereocenters.